The average molecular weight is 246 g/mol. The van der Waals surface area contributed by atoms with Crippen molar-refractivity contribution in [3.63, 3.8) is 0 Å². The molecule has 0 saturated carbocycles. The monoisotopic (exact) mass is 246 g/mol. The van der Waals surface area contributed by atoms with Crippen LogP contribution in [0.3, 0.4) is 0 Å². The number of nitrogens with one attached hydrogen (secondary N) is 1. The van der Waals surface area contributed by atoms with E-state index in [1.807, 2.05) is 0 Å². The lowest BCUT2D eigenvalue weighted by Crippen LogP contribution is -2.45. The maximum atomic E-state index is 11.8. The number of primary amides is 1. The van der Waals surface area contributed by atoms with Crippen LogP contribution >= 0.6 is 0 Å². The van der Waals surface area contributed by atoms with E-state index in [0.29, 0.717) is 0 Å². The molecule has 4 N–H and O–H groups in total. The molecule has 0 aromatic carbocycles. The van der Waals surface area contributed by atoms with Gasteiger partial charge in [-0.25, -0.2) is 8.42 Å². The van der Waals surface area contributed by atoms with Crippen molar-refractivity contribution in [1.82, 2.24) is 4.72 Å². The standard InChI is InChI=1S/C5H8F2N2O5S/c6-5(7)15(13,14)9-2(4(11)12)1-3(8)10/h2,5,9H,1H2,(H2,8,10)(H,11,12)/t2-/m0/s1. The Morgan fingerprint density at radius 2 is 1.87 bits per heavy atom. The largest absolute Gasteiger partial charge is 0.480 e. The fourth-order valence-corrected chi connectivity index (χ4v) is 1.31. The number of carboxylic acids is 1. The van der Waals surface area contributed by atoms with Gasteiger partial charge in [0.25, 0.3) is 10.0 Å². The Morgan fingerprint density at radius 3 is 2.13 bits per heavy atom. The molecule has 0 fully saturated rings. The smallest absolute Gasteiger partial charge is 0.350 e. The van der Waals surface area contributed by atoms with Crippen molar-refractivity contribution in [1.29, 1.82) is 0 Å². The number of carbonyl (C=O) groups is 2. The molecule has 7 nitrogen and oxygen atoms in total. The number of nitrogens with two attached hydrogens (primary N) is 1. The molecule has 0 aliphatic rings. The van der Waals surface area contributed by atoms with Crippen molar-refractivity contribution < 1.29 is 31.9 Å². The zero-order valence-electron chi connectivity index (χ0n) is 7.18. The number of carbonyl (C=O) groups excluding carboxylic acids is 1. The van der Waals surface area contributed by atoms with Crippen LogP contribution in [0.15, 0.2) is 0 Å². The van der Waals surface area contributed by atoms with Gasteiger partial charge in [-0.1, -0.05) is 0 Å². The summed E-state index contributed by atoms with van der Waals surface area (Å²) in [5, 5.41) is 8.39. The average Bonchev–Trinajstić information content (AvgIpc) is 2.01. The predicted octanol–water partition coefficient (Wildman–Crippen LogP) is -1.54. The van der Waals surface area contributed by atoms with E-state index in [9.17, 15) is 26.8 Å². The lowest BCUT2D eigenvalue weighted by atomic mass is 10.2. The summed E-state index contributed by atoms with van der Waals surface area (Å²) in [6.07, 6.45) is -0.902. The third kappa shape index (κ3) is 4.65. The number of alkyl halides is 2. The zero-order valence-corrected chi connectivity index (χ0v) is 8.00. The number of hydrogen-bond donors (Lipinski definition) is 3. The maximum Gasteiger partial charge on any atom is 0.350 e. The molecule has 0 heterocycles. The van der Waals surface area contributed by atoms with Gasteiger partial charge in [0.2, 0.25) is 5.91 Å². The van der Waals surface area contributed by atoms with Gasteiger partial charge in [0.15, 0.2) is 0 Å². The second-order valence-electron chi connectivity index (χ2n) is 2.48. The molecule has 0 unspecified atom stereocenters. The second kappa shape index (κ2) is 4.98. The molecular formula is C5H8F2N2O5S. The van der Waals surface area contributed by atoms with E-state index < -0.39 is 40.1 Å². The van der Waals surface area contributed by atoms with Crippen LogP contribution in [0.1, 0.15) is 6.42 Å². The van der Waals surface area contributed by atoms with Gasteiger partial charge in [-0.3, -0.25) is 9.59 Å². The Morgan fingerprint density at radius 1 is 1.40 bits per heavy atom. The van der Waals surface area contributed by atoms with Gasteiger partial charge >= 0.3 is 11.7 Å². The van der Waals surface area contributed by atoms with Crippen molar-refractivity contribution in [2.75, 3.05) is 0 Å². The van der Waals surface area contributed by atoms with Crippen LogP contribution in [0.2, 0.25) is 0 Å². The number of rotatable bonds is 6. The first kappa shape index (κ1) is 13.7. The molecule has 15 heavy (non-hydrogen) atoms. The Kier molecular flexibility index (Phi) is 4.55. The molecule has 0 rings (SSSR count). The minimum atomic E-state index is -5.06. The number of carboxylic acid groups (broad SMARTS) is 1. The van der Waals surface area contributed by atoms with Crippen LogP contribution in [0, 0.1) is 0 Å². The molecule has 88 valence electrons. The minimum Gasteiger partial charge on any atom is -0.480 e. The van der Waals surface area contributed by atoms with Crippen LogP contribution < -0.4 is 10.5 Å². The molecule has 10 heteroatoms. The lowest BCUT2D eigenvalue weighted by Gasteiger charge is -2.12. The Hall–Kier alpha value is -1.29. The summed E-state index contributed by atoms with van der Waals surface area (Å²) in [5.41, 5.74) is 4.60. The fourth-order valence-electron chi connectivity index (χ4n) is 0.630. The van der Waals surface area contributed by atoms with Crippen LogP contribution in [0.5, 0.6) is 0 Å². The van der Waals surface area contributed by atoms with Crippen molar-refractivity contribution in [3.8, 4) is 0 Å². The Balaban J connectivity index is 4.70. The van der Waals surface area contributed by atoms with Gasteiger partial charge in [-0.15, -0.1) is 0 Å². The Bertz CT molecular complexity index is 354. The number of amides is 1. The number of halogens is 2. The molecule has 0 bridgehead atoms. The van der Waals surface area contributed by atoms with Crippen molar-refractivity contribution in [2.45, 2.75) is 18.2 Å². The van der Waals surface area contributed by atoms with Crippen molar-refractivity contribution >= 4 is 21.9 Å². The van der Waals surface area contributed by atoms with Crippen LogP contribution in [-0.4, -0.2) is 37.2 Å². The third-order valence-electron chi connectivity index (χ3n) is 1.24. The zero-order chi connectivity index (χ0) is 12.2. The van der Waals surface area contributed by atoms with Crippen LogP contribution in [0.4, 0.5) is 8.78 Å². The second-order valence-corrected chi connectivity index (χ2v) is 4.17. The van der Waals surface area contributed by atoms with Crippen molar-refractivity contribution in [3.05, 3.63) is 0 Å². The molecule has 1 amide bonds. The molecule has 0 saturated heterocycles. The first-order chi connectivity index (χ1) is 6.66. The van der Waals surface area contributed by atoms with Crippen LogP contribution in [-0.2, 0) is 19.6 Å². The van der Waals surface area contributed by atoms with E-state index in [2.05, 4.69) is 5.73 Å². The van der Waals surface area contributed by atoms with E-state index in [1.54, 1.807) is 0 Å². The third-order valence-corrected chi connectivity index (χ3v) is 2.33. The summed E-state index contributed by atoms with van der Waals surface area (Å²) < 4.78 is 45.9. The van der Waals surface area contributed by atoms with E-state index in [4.69, 9.17) is 5.11 Å². The highest BCUT2D eigenvalue weighted by Crippen LogP contribution is 2.04. The van der Waals surface area contributed by atoms with Gasteiger partial charge in [-0.2, -0.15) is 13.5 Å². The highest BCUT2D eigenvalue weighted by atomic mass is 32.2. The topological polar surface area (TPSA) is 127 Å². The van der Waals surface area contributed by atoms with Gasteiger partial charge in [0, 0.05) is 0 Å². The van der Waals surface area contributed by atoms with E-state index >= 15 is 0 Å². The van der Waals surface area contributed by atoms with Gasteiger partial charge in [0.05, 0.1) is 6.42 Å². The number of sulfonamides is 1. The summed E-state index contributed by atoms with van der Waals surface area (Å²) in [5.74, 6) is -6.66. The molecule has 0 spiro atoms. The molecule has 0 aliphatic heterocycles. The summed E-state index contributed by atoms with van der Waals surface area (Å²) in [6.45, 7) is 0. The van der Waals surface area contributed by atoms with Crippen molar-refractivity contribution in [2.24, 2.45) is 5.73 Å². The fraction of sp³-hybridized carbons (Fsp3) is 0.600. The summed E-state index contributed by atoms with van der Waals surface area (Å²) in [7, 11) is -5.06. The highest BCUT2D eigenvalue weighted by Gasteiger charge is 2.31. The summed E-state index contributed by atoms with van der Waals surface area (Å²) >= 11 is 0. The van der Waals surface area contributed by atoms with E-state index in [-0.39, 0.29) is 0 Å². The van der Waals surface area contributed by atoms with E-state index in [1.165, 1.54) is 0 Å². The maximum absolute atomic E-state index is 11.8. The number of aliphatic carboxylic acids is 1. The van der Waals surface area contributed by atoms with Gasteiger partial charge in [0.1, 0.15) is 6.04 Å². The predicted molar refractivity (Wildman–Crippen MR) is 43.3 cm³/mol. The van der Waals surface area contributed by atoms with E-state index in [0.717, 1.165) is 4.72 Å². The normalized spacial score (nSPS) is 13.8. The molecule has 0 aromatic heterocycles. The molecular weight excluding hydrogens is 238 g/mol. The van der Waals surface area contributed by atoms with Gasteiger partial charge in [-0.05, 0) is 0 Å². The number of hydrogen-bond acceptors (Lipinski definition) is 4. The molecule has 0 aromatic rings. The first-order valence-corrected chi connectivity index (χ1v) is 5.02. The highest BCUT2D eigenvalue weighted by molar-refractivity contribution is 7.89. The lowest BCUT2D eigenvalue weighted by molar-refractivity contribution is -0.140. The summed E-state index contributed by atoms with van der Waals surface area (Å²) in [6, 6.07) is -1.98. The SMILES string of the molecule is NC(=O)C[C@H](NS(=O)(=O)C(F)F)C(=O)O. The molecule has 1 atom stereocenters. The minimum absolute atomic E-state index is 0.902. The first-order valence-electron chi connectivity index (χ1n) is 3.47. The molecule has 0 radical (unpaired) electrons. The summed E-state index contributed by atoms with van der Waals surface area (Å²) in [4.78, 5) is 20.7. The molecule has 0 aliphatic carbocycles. The quantitative estimate of drug-likeness (QED) is 0.523. The van der Waals surface area contributed by atoms with Crippen LogP contribution in [0.25, 0.3) is 0 Å². The Labute approximate surface area is 83.3 Å². The van der Waals surface area contributed by atoms with Gasteiger partial charge < -0.3 is 10.8 Å².